The van der Waals surface area contributed by atoms with E-state index in [1.807, 2.05) is 0 Å². The van der Waals surface area contributed by atoms with E-state index in [-0.39, 0.29) is 0 Å². The molecule has 2 heteroatoms. The van der Waals surface area contributed by atoms with E-state index in [2.05, 4.69) is 42.4 Å². The summed E-state index contributed by atoms with van der Waals surface area (Å²) in [6, 6.07) is 0. The zero-order valence-corrected chi connectivity index (χ0v) is 16.9. The third-order valence-corrected chi connectivity index (χ3v) is 5.22. The number of rotatable bonds is 16. The Morgan fingerprint density at radius 2 is 1.21 bits per heavy atom. The average Bonchev–Trinajstić information content (AvgIpc) is 2.93. The topological polar surface area (TPSA) is 8.81 Å². The molecule has 0 fully saturated rings. The molecule has 1 heterocycles. The fourth-order valence-corrected chi connectivity index (χ4v) is 3.56. The smallest absolute Gasteiger partial charge is 0.237 e. The number of nitrogens with zero attached hydrogens (tertiary/aromatic N) is 2. The van der Waals surface area contributed by atoms with Gasteiger partial charge in [0.2, 0.25) is 0 Å². The summed E-state index contributed by atoms with van der Waals surface area (Å²) in [6.45, 7) is 5.78. The van der Waals surface area contributed by atoms with Gasteiger partial charge in [-0.25, -0.2) is 9.13 Å². The second kappa shape index (κ2) is 14.5. The molecule has 0 N–H and O–H groups in total. The van der Waals surface area contributed by atoms with Crippen molar-refractivity contribution in [3.63, 3.8) is 0 Å². The molecule has 2 nitrogen and oxygen atoms in total. The van der Waals surface area contributed by atoms with Crippen molar-refractivity contribution in [3.05, 3.63) is 18.2 Å². The summed E-state index contributed by atoms with van der Waals surface area (Å²) in [5, 5.41) is 0. The third-order valence-electron chi connectivity index (χ3n) is 5.22. The monoisotopic (exact) mass is 335 g/mol. The van der Waals surface area contributed by atoms with E-state index in [1.165, 1.54) is 109 Å². The van der Waals surface area contributed by atoms with Crippen molar-refractivity contribution >= 4 is 0 Å². The normalized spacial score (nSPS) is 11.3. The largest absolute Gasteiger partial charge is 0.256 e. The highest BCUT2D eigenvalue weighted by atomic mass is 15.1. The van der Waals surface area contributed by atoms with Gasteiger partial charge in [0.25, 0.3) is 5.82 Å². The van der Waals surface area contributed by atoms with E-state index in [9.17, 15) is 0 Å². The molecule has 0 bridgehead atoms. The van der Waals surface area contributed by atoms with Gasteiger partial charge in [0.05, 0.1) is 13.6 Å². The van der Waals surface area contributed by atoms with Crippen LogP contribution >= 0.6 is 0 Å². The van der Waals surface area contributed by atoms with E-state index in [4.69, 9.17) is 0 Å². The lowest BCUT2D eigenvalue weighted by Gasteiger charge is -2.04. The van der Waals surface area contributed by atoms with Gasteiger partial charge >= 0.3 is 0 Å². The molecule has 0 aliphatic heterocycles. The summed E-state index contributed by atoms with van der Waals surface area (Å²) >= 11 is 0. The Kier molecular flexibility index (Phi) is 12.9. The van der Waals surface area contributed by atoms with E-state index in [1.54, 1.807) is 0 Å². The van der Waals surface area contributed by atoms with E-state index >= 15 is 0 Å². The lowest BCUT2D eigenvalue weighted by atomic mass is 10.1. The highest BCUT2D eigenvalue weighted by Gasteiger charge is 2.13. The predicted octanol–water partition coefficient (Wildman–Crippen LogP) is 6.36. The van der Waals surface area contributed by atoms with Crippen LogP contribution in [0.3, 0.4) is 0 Å². The predicted molar refractivity (Wildman–Crippen MR) is 105 cm³/mol. The first-order valence-electron chi connectivity index (χ1n) is 10.8. The summed E-state index contributed by atoms with van der Waals surface area (Å²) in [7, 11) is 2.19. The minimum absolute atomic E-state index is 1.21. The maximum Gasteiger partial charge on any atom is 0.256 e. The lowest BCUT2D eigenvalue weighted by Crippen LogP contribution is -2.32. The summed E-state index contributed by atoms with van der Waals surface area (Å²) in [5.41, 5.74) is 0. The molecule has 0 saturated carbocycles. The van der Waals surface area contributed by atoms with Crippen LogP contribution in [0.15, 0.2) is 12.4 Å². The van der Waals surface area contributed by atoms with Gasteiger partial charge in [-0.3, -0.25) is 0 Å². The third kappa shape index (κ3) is 9.49. The SMILES string of the molecule is CCCCCCCCCCCCCn1cc[n+](C)c1CCCCC. The van der Waals surface area contributed by atoms with E-state index < -0.39 is 0 Å². The van der Waals surface area contributed by atoms with Crippen molar-refractivity contribution in [1.82, 2.24) is 4.57 Å². The molecule has 1 rings (SSSR count). The minimum Gasteiger partial charge on any atom is -0.237 e. The van der Waals surface area contributed by atoms with Crippen LogP contribution in [-0.4, -0.2) is 4.57 Å². The number of aromatic nitrogens is 2. The number of hydrogen-bond acceptors (Lipinski definition) is 0. The molecule has 140 valence electrons. The molecule has 0 aliphatic carbocycles. The first-order chi connectivity index (χ1) is 11.8. The Labute approximate surface area is 151 Å². The summed E-state index contributed by atoms with van der Waals surface area (Å²) in [6.07, 6.45) is 25.4. The second-order valence-corrected chi connectivity index (χ2v) is 7.51. The molecular weight excluding hydrogens is 292 g/mol. The molecule has 24 heavy (non-hydrogen) atoms. The molecule has 0 aromatic carbocycles. The number of hydrogen-bond donors (Lipinski definition) is 0. The van der Waals surface area contributed by atoms with Crippen molar-refractivity contribution in [3.8, 4) is 0 Å². The van der Waals surface area contributed by atoms with E-state index in [0.29, 0.717) is 0 Å². The maximum atomic E-state index is 2.49. The van der Waals surface area contributed by atoms with Crippen LogP contribution in [0.1, 0.15) is 110 Å². The van der Waals surface area contributed by atoms with Crippen LogP contribution in [0.4, 0.5) is 0 Å². The van der Waals surface area contributed by atoms with Crippen LogP contribution in [0.2, 0.25) is 0 Å². The zero-order valence-electron chi connectivity index (χ0n) is 16.9. The van der Waals surface area contributed by atoms with Gasteiger partial charge in [-0.1, -0.05) is 84.5 Å². The Morgan fingerprint density at radius 1 is 0.708 bits per heavy atom. The molecule has 0 atom stereocenters. The van der Waals surface area contributed by atoms with Gasteiger partial charge in [-0.05, 0) is 19.3 Å². The minimum atomic E-state index is 1.21. The van der Waals surface area contributed by atoms with Crippen molar-refractivity contribution in [2.24, 2.45) is 7.05 Å². The molecular formula is C22H43N2+. The number of unbranched alkanes of at least 4 members (excludes halogenated alkanes) is 12. The highest BCUT2D eigenvalue weighted by molar-refractivity contribution is 4.84. The quantitative estimate of drug-likeness (QED) is 0.246. The number of aryl methyl sites for hydroxylation is 2. The van der Waals surface area contributed by atoms with Crippen molar-refractivity contribution in [2.75, 3.05) is 0 Å². The maximum absolute atomic E-state index is 2.49. The lowest BCUT2D eigenvalue weighted by molar-refractivity contribution is -0.678. The van der Waals surface area contributed by atoms with Crippen LogP contribution in [0.5, 0.6) is 0 Å². The standard InChI is InChI=1S/C22H43N2/c1-4-6-8-9-10-11-12-13-14-15-17-19-24-21-20-23(3)22(24)18-16-7-5-2/h20-21H,4-19H2,1-3H3/q+1. The van der Waals surface area contributed by atoms with Crippen LogP contribution in [-0.2, 0) is 20.0 Å². The fraction of sp³-hybridized carbons (Fsp3) is 0.864. The molecule has 1 aromatic rings. The molecule has 0 unspecified atom stereocenters. The molecule has 0 radical (unpaired) electrons. The summed E-state index contributed by atoms with van der Waals surface area (Å²) in [4.78, 5) is 0. The first-order valence-corrected chi connectivity index (χ1v) is 10.8. The zero-order chi connectivity index (χ0) is 17.5. The van der Waals surface area contributed by atoms with Gasteiger partial charge in [0.1, 0.15) is 12.4 Å². The van der Waals surface area contributed by atoms with Gasteiger partial charge in [0, 0.05) is 6.42 Å². The van der Waals surface area contributed by atoms with Gasteiger partial charge in [0.15, 0.2) is 0 Å². The Morgan fingerprint density at radius 3 is 1.79 bits per heavy atom. The van der Waals surface area contributed by atoms with Crippen LogP contribution in [0, 0.1) is 0 Å². The Hall–Kier alpha value is -0.790. The van der Waals surface area contributed by atoms with Crippen molar-refractivity contribution in [1.29, 1.82) is 0 Å². The molecule has 0 aliphatic rings. The van der Waals surface area contributed by atoms with Gasteiger partial charge < -0.3 is 0 Å². The molecule has 0 saturated heterocycles. The molecule has 0 spiro atoms. The van der Waals surface area contributed by atoms with Crippen LogP contribution in [0.25, 0.3) is 0 Å². The molecule has 1 aromatic heterocycles. The van der Waals surface area contributed by atoms with E-state index in [0.717, 1.165) is 0 Å². The summed E-state index contributed by atoms with van der Waals surface area (Å²) in [5.74, 6) is 1.51. The van der Waals surface area contributed by atoms with Gasteiger partial charge in [-0.15, -0.1) is 0 Å². The summed E-state index contributed by atoms with van der Waals surface area (Å²) < 4.78 is 4.80. The van der Waals surface area contributed by atoms with Crippen molar-refractivity contribution in [2.45, 2.75) is 117 Å². The van der Waals surface area contributed by atoms with Gasteiger partial charge in [-0.2, -0.15) is 0 Å². The number of imidazole rings is 1. The first kappa shape index (κ1) is 21.3. The van der Waals surface area contributed by atoms with Crippen molar-refractivity contribution < 1.29 is 4.57 Å². The second-order valence-electron chi connectivity index (χ2n) is 7.51. The fourth-order valence-electron chi connectivity index (χ4n) is 3.56. The average molecular weight is 336 g/mol. The Balaban J connectivity index is 2.03. The van der Waals surface area contributed by atoms with Crippen LogP contribution < -0.4 is 4.57 Å². The Bertz CT molecular complexity index is 395. The molecule has 0 amide bonds. The highest BCUT2D eigenvalue weighted by Crippen LogP contribution is 2.12.